The number of ether oxygens (including phenoxy) is 2. The molecule has 0 atom stereocenters. The first-order chi connectivity index (χ1) is 13.2. The maximum atomic E-state index is 6.21. The number of aromatic nitrogens is 2. The van der Waals surface area contributed by atoms with E-state index >= 15 is 0 Å². The average Bonchev–Trinajstić information content (AvgIpc) is 3.11. The van der Waals surface area contributed by atoms with E-state index in [-0.39, 0.29) is 0 Å². The molecule has 27 heavy (non-hydrogen) atoms. The fourth-order valence-electron chi connectivity index (χ4n) is 2.84. The van der Waals surface area contributed by atoms with Crippen molar-refractivity contribution >= 4 is 38.6 Å². The molecule has 0 fully saturated rings. The topological polar surface area (TPSA) is 47.1 Å². The Hall–Kier alpha value is -2.50. The zero-order valence-corrected chi connectivity index (χ0v) is 16.8. The van der Waals surface area contributed by atoms with Crippen molar-refractivity contribution < 1.29 is 9.47 Å². The van der Waals surface area contributed by atoms with Crippen molar-refractivity contribution in [3.63, 3.8) is 0 Å². The standard InChI is InChI=1S/C21H16BrClN2O2/c1-26-19-10-14(21-24-17-8-4-5-9-18(17)25-21)15(22)11-20(19)27-12-13-6-2-3-7-16(13)23/h2-11H,12H2,1H3,(H,24,25). The van der Waals surface area contributed by atoms with E-state index in [9.17, 15) is 0 Å². The number of fused-ring (bicyclic) bond motifs is 1. The Kier molecular flexibility index (Phi) is 5.05. The Bertz CT molecular complexity index is 1080. The molecule has 4 aromatic rings. The van der Waals surface area contributed by atoms with Gasteiger partial charge >= 0.3 is 0 Å². The van der Waals surface area contributed by atoms with Gasteiger partial charge in [0.15, 0.2) is 11.5 Å². The lowest BCUT2D eigenvalue weighted by Gasteiger charge is -2.14. The highest BCUT2D eigenvalue weighted by molar-refractivity contribution is 9.10. The summed E-state index contributed by atoms with van der Waals surface area (Å²) in [7, 11) is 1.62. The number of aromatic amines is 1. The van der Waals surface area contributed by atoms with Crippen molar-refractivity contribution in [2.24, 2.45) is 0 Å². The first-order valence-corrected chi connectivity index (χ1v) is 9.51. The van der Waals surface area contributed by atoms with Gasteiger partial charge in [-0.15, -0.1) is 0 Å². The Balaban J connectivity index is 1.67. The van der Waals surface area contributed by atoms with Crippen LogP contribution in [0.25, 0.3) is 22.4 Å². The van der Waals surface area contributed by atoms with E-state index in [1.165, 1.54) is 0 Å². The summed E-state index contributed by atoms with van der Waals surface area (Å²) in [4.78, 5) is 7.99. The summed E-state index contributed by atoms with van der Waals surface area (Å²) >= 11 is 9.83. The molecule has 0 saturated carbocycles. The van der Waals surface area contributed by atoms with E-state index in [2.05, 4.69) is 25.9 Å². The third-order valence-corrected chi connectivity index (χ3v) is 5.26. The van der Waals surface area contributed by atoms with Gasteiger partial charge in [0.05, 0.1) is 18.1 Å². The van der Waals surface area contributed by atoms with E-state index in [4.69, 9.17) is 21.1 Å². The molecule has 1 heterocycles. The lowest BCUT2D eigenvalue weighted by atomic mass is 10.2. The van der Waals surface area contributed by atoms with E-state index in [1.807, 2.05) is 60.7 Å². The minimum atomic E-state index is 0.354. The van der Waals surface area contributed by atoms with Gasteiger partial charge in [-0.25, -0.2) is 4.98 Å². The van der Waals surface area contributed by atoms with Gasteiger partial charge in [-0.2, -0.15) is 0 Å². The predicted molar refractivity (Wildman–Crippen MR) is 112 cm³/mol. The van der Waals surface area contributed by atoms with Crippen LogP contribution in [-0.2, 0) is 6.61 Å². The van der Waals surface area contributed by atoms with Crippen molar-refractivity contribution in [3.8, 4) is 22.9 Å². The van der Waals surface area contributed by atoms with Crippen LogP contribution in [0.3, 0.4) is 0 Å². The summed E-state index contributed by atoms with van der Waals surface area (Å²) in [6, 6.07) is 19.3. The van der Waals surface area contributed by atoms with Crippen LogP contribution >= 0.6 is 27.5 Å². The van der Waals surface area contributed by atoms with Gasteiger partial charge < -0.3 is 14.5 Å². The van der Waals surface area contributed by atoms with Crippen LogP contribution in [-0.4, -0.2) is 17.1 Å². The Morgan fingerprint density at radius 3 is 2.59 bits per heavy atom. The van der Waals surface area contributed by atoms with Gasteiger partial charge in [0.25, 0.3) is 0 Å². The van der Waals surface area contributed by atoms with E-state index in [0.717, 1.165) is 32.5 Å². The molecule has 1 N–H and O–H groups in total. The van der Waals surface area contributed by atoms with E-state index < -0.39 is 0 Å². The smallest absolute Gasteiger partial charge is 0.162 e. The van der Waals surface area contributed by atoms with Gasteiger partial charge in [-0.1, -0.05) is 41.9 Å². The van der Waals surface area contributed by atoms with Crippen LogP contribution in [0.2, 0.25) is 5.02 Å². The molecule has 136 valence electrons. The molecule has 3 aromatic carbocycles. The number of methoxy groups -OCH3 is 1. The first-order valence-electron chi connectivity index (χ1n) is 8.34. The lowest BCUT2D eigenvalue weighted by Crippen LogP contribution is -1.99. The molecule has 0 saturated heterocycles. The summed E-state index contributed by atoms with van der Waals surface area (Å²) in [6.45, 7) is 0.354. The van der Waals surface area contributed by atoms with Crippen molar-refractivity contribution in [1.82, 2.24) is 9.97 Å². The van der Waals surface area contributed by atoms with Gasteiger partial charge in [-0.05, 0) is 46.3 Å². The lowest BCUT2D eigenvalue weighted by molar-refractivity contribution is 0.284. The monoisotopic (exact) mass is 442 g/mol. The second-order valence-electron chi connectivity index (χ2n) is 5.97. The van der Waals surface area contributed by atoms with Crippen LogP contribution in [0, 0.1) is 0 Å². The second kappa shape index (κ2) is 7.62. The zero-order chi connectivity index (χ0) is 18.8. The number of benzene rings is 3. The van der Waals surface area contributed by atoms with Crippen LogP contribution in [0.1, 0.15) is 5.56 Å². The zero-order valence-electron chi connectivity index (χ0n) is 14.5. The summed E-state index contributed by atoms with van der Waals surface area (Å²) in [5, 5.41) is 0.675. The highest BCUT2D eigenvalue weighted by atomic mass is 79.9. The molecule has 0 spiro atoms. The summed E-state index contributed by atoms with van der Waals surface area (Å²) in [5.74, 6) is 2.02. The third kappa shape index (κ3) is 3.66. The van der Waals surface area contributed by atoms with Gasteiger partial charge in [-0.3, -0.25) is 0 Å². The molecule has 0 amide bonds. The average molecular weight is 444 g/mol. The Labute approximate surface area is 170 Å². The van der Waals surface area contributed by atoms with Crippen LogP contribution in [0.5, 0.6) is 11.5 Å². The number of para-hydroxylation sites is 2. The largest absolute Gasteiger partial charge is 0.493 e. The molecule has 0 aliphatic heterocycles. The van der Waals surface area contributed by atoms with E-state index in [0.29, 0.717) is 23.1 Å². The minimum Gasteiger partial charge on any atom is -0.493 e. The Morgan fingerprint density at radius 2 is 1.81 bits per heavy atom. The highest BCUT2D eigenvalue weighted by Gasteiger charge is 2.15. The minimum absolute atomic E-state index is 0.354. The fourth-order valence-corrected chi connectivity index (χ4v) is 3.54. The molecule has 0 bridgehead atoms. The van der Waals surface area contributed by atoms with Crippen molar-refractivity contribution in [3.05, 3.63) is 75.7 Å². The number of rotatable bonds is 5. The van der Waals surface area contributed by atoms with Crippen LogP contribution in [0.4, 0.5) is 0 Å². The van der Waals surface area contributed by atoms with Gasteiger partial charge in [0.1, 0.15) is 12.4 Å². The molecule has 0 unspecified atom stereocenters. The maximum Gasteiger partial charge on any atom is 0.162 e. The molecule has 4 nitrogen and oxygen atoms in total. The number of halogens is 2. The molecule has 0 aliphatic carbocycles. The number of H-pyrrole nitrogens is 1. The molecule has 0 radical (unpaired) electrons. The van der Waals surface area contributed by atoms with Gasteiger partial charge in [0, 0.05) is 20.6 Å². The fraction of sp³-hybridized carbons (Fsp3) is 0.0952. The number of imidazole rings is 1. The number of hydrogen-bond acceptors (Lipinski definition) is 3. The number of nitrogens with zero attached hydrogens (tertiary/aromatic N) is 1. The summed E-state index contributed by atoms with van der Waals surface area (Å²) in [5.41, 5.74) is 3.71. The van der Waals surface area contributed by atoms with Crippen molar-refractivity contribution in [1.29, 1.82) is 0 Å². The normalized spacial score (nSPS) is 10.9. The van der Waals surface area contributed by atoms with Crippen molar-refractivity contribution in [2.75, 3.05) is 7.11 Å². The molecule has 6 heteroatoms. The number of nitrogens with one attached hydrogen (secondary N) is 1. The first kappa shape index (κ1) is 17.9. The van der Waals surface area contributed by atoms with Crippen LogP contribution in [0.15, 0.2) is 65.1 Å². The van der Waals surface area contributed by atoms with Crippen molar-refractivity contribution in [2.45, 2.75) is 6.61 Å². The molecule has 4 rings (SSSR count). The van der Waals surface area contributed by atoms with E-state index in [1.54, 1.807) is 7.11 Å². The molecular formula is C21H16BrClN2O2. The Morgan fingerprint density at radius 1 is 1.04 bits per heavy atom. The predicted octanol–water partition coefficient (Wildman–Crippen LogP) is 6.23. The highest BCUT2D eigenvalue weighted by Crippen LogP contribution is 2.38. The van der Waals surface area contributed by atoms with Gasteiger partial charge in [0.2, 0.25) is 0 Å². The second-order valence-corrected chi connectivity index (χ2v) is 7.23. The quantitative estimate of drug-likeness (QED) is 0.397. The van der Waals surface area contributed by atoms with Crippen LogP contribution < -0.4 is 9.47 Å². The molecule has 1 aromatic heterocycles. The maximum absolute atomic E-state index is 6.21. The summed E-state index contributed by atoms with van der Waals surface area (Å²) < 4.78 is 12.3. The SMILES string of the molecule is COc1cc(-c2nc3ccccc3[nH]2)c(Br)cc1OCc1ccccc1Cl. The molecular weight excluding hydrogens is 428 g/mol. The third-order valence-electron chi connectivity index (χ3n) is 4.24. The molecule has 0 aliphatic rings. The summed E-state index contributed by atoms with van der Waals surface area (Å²) in [6.07, 6.45) is 0. The number of hydrogen-bond donors (Lipinski definition) is 1.